The number of halogens is 1. The van der Waals surface area contributed by atoms with Crippen molar-refractivity contribution < 1.29 is 0 Å². The van der Waals surface area contributed by atoms with E-state index < -0.39 is 0 Å². The molecule has 66 valence electrons. The quantitative estimate of drug-likeness (QED) is 0.691. The Morgan fingerprint density at radius 2 is 2.31 bits per heavy atom. The number of fused-ring (bicyclic) bond motifs is 1. The molecular formula is C7H5IN4O. The molecule has 0 unspecified atom stereocenters. The Morgan fingerprint density at radius 3 is 3.08 bits per heavy atom. The number of aromatic amines is 1. The number of H-pyrrole nitrogens is 1. The van der Waals surface area contributed by atoms with Gasteiger partial charge in [-0.1, -0.05) is 0 Å². The average molecular weight is 288 g/mol. The standard InChI is InChI=1S/C7H5IN4O/c8-4-2-10-6-3(5(4)13)1-11-7(9)12-6/h1-2H,(H3,9,10,11,12,13). The van der Waals surface area contributed by atoms with Gasteiger partial charge in [-0.15, -0.1) is 0 Å². The maximum absolute atomic E-state index is 11.5. The Labute approximate surface area is 86.5 Å². The third-order valence-electron chi connectivity index (χ3n) is 1.60. The van der Waals surface area contributed by atoms with Crippen LogP contribution in [-0.2, 0) is 0 Å². The lowest BCUT2D eigenvalue weighted by Gasteiger charge is -1.97. The summed E-state index contributed by atoms with van der Waals surface area (Å²) in [6, 6.07) is 0. The van der Waals surface area contributed by atoms with Gasteiger partial charge in [-0.3, -0.25) is 4.79 Å². The van der Waals surface area contributed by atoms with Crippen molar-refractivity contribution in [3.63, 3.8) is 0 Å². The second kappa shape index (κ2) is 2.95. The van der Waals surface area contributed by atoms with E-state index in [1.54, 1.807) is 6.20 Å². The van der Waals surface area contributed by atoms with E-state index in [0.717, 1.165) is 0 Å². The van der Waals surface area contributed by atoms with E-state index in [0.29, 0.717) is 14.6 Å². The summed E-state index contributed by atoms with van der Waals surface area (Å²) in [7, 11) is 0. The fourth-order valence-electron chi connectivity index (χ4n) is 0.998. The van der Waals surface area contributed by atoms with Crippen LogP contribution in [0.5, 0.6) is 0 Å². The number of nitrogen functional groups attached to an aromatic ring is 1. The molecule has 2 rings (SSSR count). The van der Waals surface area contributed by atoms with Crippen LogP contribution in [0.1, 0.15) is 0 Å². The van der Waals surface area contributed by atoms with Gasteiger partial charge < -0.3 is 10.7 Å². The zero-order valence-electron chi connectivity index (χ0n) is 6.41. The summed E-state index contributed by atoms with van der Waals surface area (Å²) in [5, 5.41) is 0.459. The number of nitrogens with one attached hydrogen (secondary N) is 1. The van der Waals surface area contributed by atoms with Crippen molar-refractivity contribution in [3.8, 4) is 0 Å². The molecule has 0 radical (unpaired) electrons. The Morgan fingerprint density at radius 1 is 1.54 bits per heavy atom. The van der Waals surface area contributed by atoms with E-state index in [1.165, 1.54) is 6.20 Å². The molecule has 2 aromatic rings. The third kappa shape index (κ3) is 1.37. The summed E-state index contributed by atoms with van der Waals surface area (Å²) in [6.45, 7) is 0. The molecule has 13 heavy (non-hydrogen) atoms. The molecule has 0 fully saturated rings. The molecule has 0 aliphatic rings. The molecule has 0 saturated carbocycles. The maximum atomic E-state index is 11.5. The van der Waals surface area contributed by atoms with Crippen LogP contribution in [0.15, 0.2) is 17.2 Å². The molecule has 0 aromatic carbocycles. The lowest BCUT2D eigenvalue weighted by molar-refractivity contribution is 1.18. The molecule has 5 nitrogen and oxygen atoms in total. The lowest BCUT2D eigenvalue weighted by atomic mass is 10.3. The van der Waals surface area contributed by atoms with Gasteiger partial charge in [0.1, 0.15) is 5.65 Å². The smallest absolute Gasteiger partial charge is 0.221 e. The van der Waals surface area contributed by atoms with Crippen LogP contribution in [0.3, 0.4) is 0 Å². The molecule has 6 heteroatoms. The number of nitrogens with zero attached hydrogens (tertiary/aromatic N) is 2. The molecule has 0 atom stereocenters. The minimum atomic E-state index is -0.0747. The zero-order chi connectivity index (χ0) is 9.42. The molecule has 0 aliphatic carbocycles. The first-order valence-corrected chi connectivity index (χ1v) is 4.56. The van der Waals surface area contributed by atoms with Gasteiger partial charge in [0.25, 0.3) is 0 Å². The fourth-order valence-corrected chi connectivity index (χ4v) is 1.44. The van der Waals surface area contributed by atoms with E-state index in [4.69, 9.17) is 5.73 Å². The van der Waals surface area contributed by atoms with Crippen molar-refractivity contribution in [1.29, 1.82) is 0 Å². The topological polar surface area (TPSA) is 84.7 Å². The minimum absolute atomic E-state index is 0.0747. The number of hydrogen-bond donors (Lipinski definition) is 2. The molecule has 2 aromatic heterocycles. The minimum Gasteiger partial charge on any atom is -0.368 e. The third-order valence-corrected chi connectivity index (χ3v) is 2.41. The van der Waals surface area contributed by atoms with Crippen molar-refractivity contribution in [3.05, 3.63) is 26.2 Å². The van der Waals surface area contributed by atoms with Crippen molar-refractivity contribution in [2.75, 3.05) is 5.73 Å². The Hall–Kier alpha value is -1.18. The molecular weight excluding hydrogens is 283 g/mol. The highest BCUT2D eigenvalue weighted by atomic mass is 127. The second-order valence-electron chi connectivity index (χ2n) is 2.46. The largest absolute Gasteiger partial charge is 0.368 e. The number of nitrogens with two attached hydrogens (primary N) is 1. The van der Waals surface area contributed by atoms with Crippen LogP contribution in [0.4, 0.5) is 5.95 Å². The van der Waals surface area contributed by atoms with Gasteiger partial charge in [0.15, 0.2) is 0 Å². The fraction of sp³-hybridized carbons (Fsp3) is 0. The van der Waals surface area contributed by atoms with Crippen LogP contribution in [0, 0.1) is 3.57 Å². The highest BCUT2D eigenvalue weighted by molar-refractivity contribution is 14.1. The number of anilines is 1. The number of rotatable bonds is 0. The normalized spacial score (nSPS) is 10.5. The van der Waals surface area contributed by atoms with Gasteiger partial charge in [0, 0.05) is 12.4 Å². The van der Waals surface area contributed by atoms with E-state index in [-0.39, 0.29) is 11.4 Å². The summed E-state index contributed by atoms with van der Waals surface area (Å²) in [5.41, 5.74) is 5.76. The van der Waals surface area contributed by atoms with Crippen LogP contribution in [-0.4, -0.2) is 15.0 Å². The van der Waals surface area contributed by atoms with Gasteiger partial charge in [0.05, 0.1) is 8.96 Å². The van der Waals surface area contributed by atoms with Crippen molar-refractivity contribution in [2.24, 2.45) is 0 Å². The summed E-state index contributed by atoms with van der Waals surface area (Å²) in [4.78, 5) is 22.0. The molecule has 2 heterocycles. The predicted octanol–water partition coefficient (Wildman–Crippen LogP) is 0.505. The zero-order valence-corrected chi connectivity index (χ0v) is 8.57. The Bertz CT molecular complexity index is 521. The SMILES string of the molecule is Nc1ncc2c(=O)c(I)c[nH]c2n1. The van der Waals surface area contributed by atoms with Crippen molar-refractivity contribution in [2.45, 2.75) is 0 Å². The maximum Gasteiger partial charge on any atom is 0.221 e. The van der Waals surface area contributed by atoms with E-state index in [2.05, 4.69) is 15.0 Å². The lowest BCUT2D eigenvalue weighted by Crippen LogP contribution is -2.08. The highest BCUT2D eigenvalue weighted by Crippen LogP contribution is 2.06. The predicted molar refractivity (Wildman–Crippen MR) is 57.3 cm³/mol. The first-order chi connectivity index (χ1) is 6.18. The summed E-state index contributed by atoms with van der Waals surface area (Å²) in [5.74, 6) is 0.157. The van der Waals surface area contributed by atoms with Crippen molar-refractivity contribution >= 4 is 39.6 Å². The molecule has 0 spiro atoms. The summed E-state index contributed by atoms with van der Waals surface area (Å²) in [6.07, 6.45) is 3.02. The molecule has 0 aliphatic heterocycles. The van der Waals surface area contributed by atoms with E-state index >= 15 is 0 Å². The molecule has 3 N–H and O–H groups in total. The Balaban J connectivity index is 2.95. The van der Waals surface area contributed by atoms with Gasteiger partial charge in [-0.2, -0.15) is 4.98 Å². The van der Waals surface area contributed by atoms with E-state index in [1.807, 2.05) is 22.6 Å². The van der Waals surface area contributed by atoms with E-state index in [9.17, 15) is 4.79 Å². The average Bonchev–Trinajstić information content (AvgIpc) is 2.12. The second-order valence-corrected chi connectivity index (χ2v) is 3.62. The van der Waals surface area contributed by atoms with Gasteiger partial charge in [-0.05, 0) is 22.6 Å². The van der Waals surface area contributed by atoms with Crippen LogP contribution in [0.2, 0.25) is 0 Å². The first kappa shape index (κ1) is 8.42. The van der Waals surface area contributed by atoms with Gasteiger partial charge in [0.2, 0.25) is 11.4 Å². The van der Waals surface area contributed by atoms with Gasteiger partial charge >= 0.3 is 0 Å². The molecule has 0 saturated heterocycles. The van der Waals surface area contributed by atoms with Crippen LogP contribution >= 0.6 is 22.6 Å². The van der Waals surface area contributed by atoms with Crippen LogP contribution < -0.4 is 11.2 Å². The Kier molecular flexibility index (Phi) is 1.91. The molecule has 0 bridgehead atoms. The summed E-state index contributed by atoms with van der Waals surface area (Å²) < 4.78 is 0.610. The highest BCUT2D eigenvalue weighted by Gasteiger charge is 2.03. The number of hydrogen-bond acceptors (Lipinski definition) is 4. The van der Waals surface area contributed by atoms with Crippen LogP contribution in [0.25, 0.3) is 11.0 Å². The molecule has 0 amide bonds. The number of aromatic nitrogens is 3. The van der Waals surface area contributed by atoms with Crippen molar-refractivity contribution in [1.82, 2.24) is 15.0 Å². The monoisotopic (exact) mass is 288 g/mol. The number of pyridine rings is 1. The summed E-state index contributed by atoms with van der Waals surface area (Å²) >= 11 is 1.95. The first-order valence-electron chi connectivity index (χ1n) is 3.48. The van der Waals surface area contributed by atoms with Gasteiger partial charge in [-0.25, -0.2) is 4.98 Å².